The maximum absolute atomic E-state index is 5.52. The number of methoxy groups -OCH3 is 1. The van der Waals surface area contributed by atoms with Gasteiger partial charge < -0.3 is 10.5 Å². The van der Waals surface area contributed by atoms with Crippen molar-refractivity contribution in [2.45, 2.75) is 33.1 Å². The normalized spacial score (nSPS) is 10.6. The summed E-state index contributed by atoms with van der Waals surface area (Å²) in [6, 6.07) is 2.09. The molecule has 1 aromatic carbocycles. The summed E-state index contributed by atoms with van der Waals surface area (Å²) >= 11 is 3.58. The first-order valence-electron chi connectivity index (χ1n) is 5.64. The lowest BCUT2D eigenvalue weighted by molar-refractivity contribution is 0.411. The lowest BCUT2D eigenvalue weighted by Gasteiger charge is -2.14. The van der Waals surface area contributed by atoms with E-state index in [9.17, 15) is 0 Å². The molecule has 16 heavy (non-hydrogen) atoms. The number of ether oxygens (including phenoxy) is 1. The SMILES string of the molecule is COc1cc(C)c(CCCCN)c(C)c1Br. The van der Waals surface area contributed by atoms with E-state index in [0.717, 1.165) is 36.0 Å². The highest BCUT2D eigenvalue weighted by molar-refractivity contribution is 9.10. The molecule has 0 amide bonds. The van der Waals surface area contributed by atoms with E-state index in [-0.39, 0.29) is 0 Å². The molecular weight excluding hydrogens is 266 g/mol. The Balaban J connectivity index is 2.96. The second kappa shape index (κ2) is 6.26. The lowest BCUT2D eigenvalue weighted by Crippen LogP contribution is -2.02. The number of benzene rings is 1. The van der Waals surface area contributed by atoms with Crippen LogP contribution in [0.15, 0.2) is 10.5 Å². The van der Waals surface area contributed by atoms with E-state index in [4.69, 9.17) is 10.5 Å². The first-order valence-corrected chi connectivity index (χ1v) is 6.43. The van der Waals surface area contributed by atoms with Crippen LogP contribution in [0, 0.1) is 13.8 Å². The average molecular weight is 286 g/mol. The van der Waals surface area contributed by atoms with Gasteiger partial charge in [-0.25, -0.2) is 0 Å². The molecule has 0 aromatic heterocycles. The van der Waals surface area contributed by atoms with Crippen LogP contribution >= 0.6 is 15.9 Å². The summed E-state index contributed by atoms with van der Waals surface area (Å²) < 4.78 is 6.39. The van der Waals surface area contributed by atoms with Crippen LogP contribution < -0.4 is 10.5 Å². The molecule has 0 atom stereocenters. The molecule has 0 unspecified atom stereocenters. The smallest absolute Gasteiger partial charge is 0.133 e. The number of hydrogen-bond donors (Lipinski definition) is 1. The van der Waals surface area contributed by atoms with E-state index >= 15 is 0 Å². The van der Waals surface area contributed by atoms with Gasteiger partial charge in [-0.1, -0.05) is 0 Å². The Kier molecular flexibility index (Phi) is 5.29. The van der Waals surface area contributed by atoms with Gasteiger partial charge in [0, 0.05) is 0 Å². The molecule has 90 valence electrons. The van der Waals surface area contributed by atoms with Crippen LogP contribution in [0.1, 0.15) is 29.5 Å². The summed E-state index contributed by atoms with van der Waals surface area (Å²) in [7, 11) is 1.70. The van der Waals surface area contributed by atoms with Gasteiger partial charge >= 0.3 is 0 Å². The summed E-state index contributed by atoms with van der Waals surface area (Å²) in [6.45, 7) is 5.05. The van der Waals surface area contributed by atoms with Crippen LogP contribution in [0.4, 0.5) is 0 Å². The molecule has 2 nitrogen and oxygen atoms in total. The highest BCUT2D eigenvalue weighted by atomic mass is 79.9. The van der Waals surface area contributed by atoms with Gasteiger partial charge in [-0.15, -0.1) is 0 Å². The maximum Gasteiger partial charge on any atom is 0.133 e. The zero-order valence-electron chi connectivity index (χ0n) is 10.3. The molecule has 0 radical (unpaired) electrons. The number of nitrogens with two attached hydrogens (primary N) is 1. The van der Waals surface area contributed by atoms with Crippen molar-refractivity contribution in [2.24, 2.45) is 5.73 Å². The number of halogens is 1. The van der Waals surface area contributed by atoms with Gasteiger partial charge in [-0.05, 0) is 78.3 Å². The third-order valence-corrected chi connectivity index (χ3v) is 3.91. The Bertz CT molecular complexity index is 363. The average Bonchev–Trinajstić information content (AvgIpc) is 2.28. The Morgan fingerprint density at radius 1 is 1.31 bits per heavy atom. The summed E-state index contributed by atoms with van der Waals surface area (Å²) in [6.07, 6.45) is 3.33. The van der Waals surface area contributed by atoms with E-state index in [0.29, 0.717) is 0 Å². The van der Waals surface area contributed by atoms with Crippen LogP contribution in [0.2, 0.25) is 0 Å². The van der Waals surface area contributed by atoms with Crippen molar-refractivity contribution in [2.75, 3.05) is 13.7 Å². The fourth-order valence-electron chi connectivity index (χ4n) is 1.94. The Morgan fingerprint density at radius 3 is 2.56 bits per heavy atom. The second-order valence-electron chi connectivity index (χ2n) is 4.06. The third kappa shape index (κ3) is 2.98. The minimum Gasteiger partial charge on any atom is -0.496 e. The first-order chi connectivity index (χ1) is 7.61. The first kappa shape index (κ1) is 13.5. The van der Waals surface area contributed by atoms with E-state index in [1.165, 1.54) is 16.7 Å². The predicted octanol–water partition coefficient (Wildman–Crippen LogP) is 3.36. The van der Waals surface area contributed by atoms with Crippen molar-refractivity contribution in [3.63, 3.8) is 0 Å². The molecule has 0 aliphatic heterocycles. The largest absolute Gasteiger partial charge is 0.496 e. The monoisotopic (exact) mass is 285 g/mol. The summed E-state index contributed by atoms with van der Waals surface area (Å²) in [4.78, 5) is 0. The van der Waals surface area contributed by atoms with E-state index < -0.39 is 0 Å². The minimum atomic E-state index is 0.773. The molecule has 0 aliphatic rings. The number of aryl methyl sites for hydroxylation is 1. The zero-order valence-corrected chi connectivity index (χ0v) is 11.9. The van der Waals surface area contributed by atoms with Crippen LogP contribution in [0.25, 0.3) is 0 Å². The maximum atomic E-state index is 5.52. The molecule has 2 N–H and O–H groups in total. The van der Waals surface area contributed by atoms with Gasteiger partial charge in [0.05, 0.1) is 11.6 Å². The molecule has 3 heteroatoms. The molecular formula is C13H20BrNO. The Hall–Kier alpha value is -0.540. The molecule has 0 spiro atoms. The molecule has 0 bridgehead atoms. The van der Waals surface area contributed by atoms with Crippen molar-refractivity contribution >= 4 is 15.9 Å². The van der Waals surface area contributed by atoms with Crippen molar-refractivity contribution in [1.29, 1.82) is 0 Å². The van der Waals surface area contributed by atoms with Gasteiger partial charge in [-0.2, -0.15) is 0 Å². The van der Waals surface area contributed by atoms with Crippen LogP contribution in [-0.4, -0.2) is 13.7 Å². The molecule has 1 rings (SSSR count). The standard InChI is InChI=1S/C13H20BrNO/c1-9-8-12(16-3)13(14)10(2)11(9)6-4-5-7-15/h8H,4-7,15H2,1-3H3. The highest BCUT2D eigenvalue weighted by Crippen LogP contribution is 2.33. The second-order valence-corrected chi connectivity index (χ2v) is 4.85. The van der Waals surface area contributed by atoms with Gasteiger partial charge in [-0.3, -0.25) is 0 Å². The number of rotatable bonds is 5. The molecule has 1 aromatic rings. The van der Waals surface area contributed by atoms with Gasteiger partial charge in [0.1, 0.15) is 5.75 Å². The van der Waals surface area contributed by atoms with Crippen molar-refractivity contribution in [3.8, 4) is 5.75 Å². The quantitative estimate of drug-likeness (QED) is 0.842. The molecule has 0 aliphatic carbocycles. The Morgan fingerprint density at radius 2 is 2.00 bits per heavy atom. The summed E-state index contributed by atoms with van der Waals surface area (Å²) in [5.41, 5.74) is 9.52. The molecule has 0 fully saturated rings. The van der Waals surface area contributed by atoms with Crippen LogP contribution in [0.5, 0.6) is 5.75 Å². The zero-order chi connectivity index (χ0) is 12.1. The van der Waals surface area contributed by atoms with E-state index in [1.807, 2.05) is 0 Å². The fraction of sp³-hybridized carbons (Fsp3) is 0.538. The minimum absolute atomic E-state index is 0.773. The lowest BCUT2D eigenvalue weighted by atomic mass is 9.97. The van der Waals surface area contributed by atoms with E-state index in [1.54, 1.807) is 7.11 Å². The van der Waals surface area contributed by atoms with Crippen molar-refractivity contribution in [3.05, 3.63) is 27.2 Å². The number of unbranched alkanes of at least 4 members (excludes halogenated alkanes) is 1. The molecule has 0 saturated carbocycles. The van der Waals surface area contributed by atoms with Crippen molar-refractivity contribution in [1.82, 2.24) is 0 Å². The predicted molar refractivity (Wildman–Crippen MR) is 72.2 cm³/mol. The topological polar surface area (TPSA) is 35.2 Å². The van der Waals surface area contributed by atoms with Crippen LogP contribution in [0.3, 0.4) is 0 Å². The fourth-order valence-corrected chi connectivity index (χ4v) is 2.46. The molecule has 0 saturated heterocycles. The van der Waals surface area contributed by atoms with Gasteiger partial charge in [0.15, 0.2) is 0 Å². The van der Waals surface area contributed by atoms with Gasteiger partial charge in [0.2, 0.25) is 0 Å². The van der Waals surface area contributed by atoms with Crippen molar-refractivity contribution < 1.29 is 4.74 Å². The highest BCUT2D eigenvalue weighted by Gasteiger charge is 2.11. The molecule has 0 heterocycles. The Labute approximate surface area is 106 Å². The number of hydrogen-bond acceptors (Lipinski definition) is 2. The summed E-state index contributed by atoms with van der Waals surface area (Å²) in [5.74, 6) is 0.914. The third-order valence-electron chi connectivity index (χ3n) is 2.92. The van der Waals surface area contributed by atoms with Crippen LogP contribution in [-0.2, 0) is 6.42 Å². The van der Waals surface area contributed by atoms with Gasteiger partial charge in [0.25, 0.3) is 0 Å². The summed E-state index contributed by atoms with van der Waals surface area (Å²) in [5, 5.41) is 0. The van der Waals surface area contributed by atoms with E-state index in [2.05, 4.69) is 35.8 Å².